The molecule has 2 fully saturated rings. The summed E-state index contributed by atoms with van der Waals surface area (Å²) in [5.74, 6) is 1.20. The Morgan fingerprint density at radius 2 is 2.18 bits per heavy atom. The molecule has 3 nitrogen and oxygen atoms in total. The van der Waals surface area contributed by atoms with Gasteiger partial charge in [-0.05, 0) is 51.5 Å². The van der Waals surface area contributed by atoms with Crippen molar-refractivity contribution in [2.45, 2.75) is 46.0 Å². The van der Waals surface area contributed by atoms with Crippen LogP contribution < -0.4 is 5.32 Å². The van der Waals surface area contributed by atoms with Gasteiger partial charge in [-0.2, -0.15) is 0 Å². The third-order valence-corrected chi connectivity index (χ3v) is 4.45. The van der Waals surface area contributed by atoms with Crippen LogP contribution in [0.4, 0.5) is 0 Å². The minimum atomic E-state index is -0.108. The van der Waals surface area contributed by atoms with Crippen LogP contribution in [0.25, 0.3) is 0 Å². The van der Waals surface area contributed by atoms with Crippen LogP contribution in [0, 0.1) is 11.3 Å². The molecule has 0 spiro atoms. The fourth-order valence-corrected chi connectivity index (χ4v) is 2.91. The molecule has 3 heteroatoms. The monoisotopic (exact) mass is 238 g/mol. The zero-order valence-corrected chi connectivity index (χ0v) is 11.3. The number of hydrogen-bond acceptors (Lipinski definition) is 2. The molecular weight excluding hydrogens is 212 g/mol. The molecule has 0 aromatic heterocycles. The average molecular weight is 238 g/mol. The predicted octanol–water partition coefficient (Wildman–Crippen LogP) is 2.02. The number of nitrogens with zero attached hydrogens (tertiary/aromatic N) is 1. The molecule has 2 rings (SSSR count). The standard InChI is InChI=1S/C14H26N2O/c1-3-14(8-5-9-15-11-14)13(17)16(4-2)10-12-6-7-12/h12,15H,3-11H2,1-2H3. The largest absolute Gasteiger partial charge is 0.342 e. The van der Waals surface area contributed by atoms with Crippen LogP contribution in [0.5, 0.6) is 0 Å². The quantitative estimate of drug-likeness (QED) is 0.795. The van der Waals surface area contributed by atoms with E-state index in [9.17, 15) is 4.79 Å². The molecule has 1 aliphatic heterocycles. The van der Waals surface area contributed by atoms with Crippen molar-refractivity contribution in [2.24, 2.45) is 11.3 Å². The normalized spacial score (nSPS) is 29.1. The Morgan fingerprint density at radius 1 is 1.41 bits per heavy atom. The summed E-state index contributed by atoms with van der Waals surface area (Å²) in [6, 6.07) is 0. The first-order chi connectivity index (χ1) is 8.22. The van der Waals surface area contributed by atoms with Gasteiger partial charge in [0.05, 0.1) is 5.41 Å². The fraction of sp³-hybridized carbons (Fsp3) is 0.929. The van der Waals surface area contributed by atoms with Crippen molar-refractivity contribution >= 4 is 5.91 Å². The van der Waals surface area contributed by atoms with Crippen molar-refractivity contribution in [1.29, 1.82) is 0 Å². The average Bonchev–Trinajstić information content (AvgIpc) is 3.20. The van der Waals surface area contributed by atoms with Gasteiger partial charge in [-0.3, -0.25) is 4.79 Å². The topological polar surface area (TPSA) is 32.3 Å². The van der Waals surface area contributed by atoms with Crippen LogP contribution in [0.15, 0.2) is 0 Å². The van der Waals surface area contributed by atoms with Gasteiger partial charge in [0.25, 0.3) is 0 Å². The van der Waals surface area contributed by atoms with E-state index < -0.39 is 0 Å². The lowest BCUT2D eigenvalue weighted by Crippen LogP contribution is -2.52. The zero-order chi connectivity index (χ0) is 12.3. The summed E-state index contributed by atoms with van der Waals surface area (Å²) in [7, 11) is 0. The van der Waals surface area contributed by atoms with Gasteiger partial charge < -0.3 is 10.2 Å². The number of carbonyl (C=O) groups excluding carboxylic acids is 1. The highest BCUT2D eigenvalue weighted by molar-refractivity contribution is 5.83. The van der Waals surface area contributed by atoms with Crippen LogP contribution in [0.3, 0.4) is 0 Å². The van der Waals surface area contributed by atoms with Crippen molar-refractivity contribution in [3.8, 4) is 0 Å². The summed E-state index contributed by atoms with van der Waals surface area (Å²) >= 11 is 0. The van der Waals surface area contributed by atoms with Gasteiger partial charge in [0.15, 0.2) is 0 Å². The predicted molar refractivity (Wildman–Crippen MR) is 69.8 cm³/mol. The molecule has 1 atom stereocenters. The smallest absolute Gasteiger partial charge is 0.230 e. The highest BCUT2D eigenvalue weighted by Crippen LogP contribution is 2.35. The number of amides is 1. The van der Waals surface area contributed by atoms with E-state index in [4.69, 9.17) is 0 Å². The van der Waals surface area contributed by atoms with E-state index in [-0.39, 0.29) is 5.41 Å². The van der Waals surface area contributed by atoms with E-state index in [0.717, 1.165) is 51.4 Å². The first kappa shape index (κ1) is 12.9. The van der Waals surface area contributed by atoms with E-state index in [1.54, 1.807) is 0 Å². The first-order valence-corrected chi connectivity index (χ1v) is 7.22. The lowest BCUT2D eigenvalue weighted by atomic mass is 9.77. The molecule has 2 aliphatic rings. The maximum Gasteiger partial charge on any atom is 0.230 e. The van der Waals surface area contributed by atoms with Gasteiger partial charge in [0, 0.05) is 19.6 Å². The summed E-state index contributed by atoms with van der Waals surface area (Å²) in [5.41, 5.74) is -0.108. The SMILES string of the molecule is CCN(CC1CC1)C(=O)C1(CC)CCCNC1. The molecule has 1 amide bonds. The molecule has 1 aliphatic carbocycles. The Kier molecular flexibility index (Phi) is 4.08. The highest BCUT2D eigenvalue weighted by Gasteiger charge is 2.41. The fourth-order valence-electron chi connectivity index (χ4n) is 2.91. The van der Waals surface area contributed by atoms with Gasteiger partial charge in [-0.25, -0.2) is 0 Å². The lowest BCUT2D eigenvalue weighted by Gasteiger charge is -2.39. The van der Waals surface area contributed by atoms with Gasteiger partial charge >= 0.3 is 0 Å². The molecule has 0 bridgehead atoms. The molecule has 0 aromatic rings. The van der Waals surface area contributed by atoms with Crippen molar-refractivity contribution in [2.75, 3.05) is 26.2 Å². The maximum atomic E-state index is 12.7. The maximum absolute atomic E-state index is 12.7. The van der Waals surface area contributed by atoms with E-state index in [0.29, 0.717) is 5.91 Å². The van der Waals surface area contributed by atoms with Crippen molar-refractivity contribution < 1.29 is 4.79 Å². The Balaban J connectivity index is 2.02. The number of carbonyl (C=O) groups is 1. The second-order valence-corrected chi connectivity index (χ2v) is 5.70. The van der Waals surface area contributed by atoms with E-state index in [1.165, 1.54) is 12.8 Å². The number of hydrogen-bond donors (Lipinski definition) is 1. The van der Waals surface area contributed by atoms with Gasteiger partial charge in [0.1, 0.15) is 0 Å². The van der Waals surface area contributed by atoms with Crippen LogP contribution in [-0.4, -0.2) is 37.0 Å². The molecule has 0 aromatic carbocycles. The van der Waals surface area contributed by atoms with Crippen LogP contribution >= 0.6 is 0 Å². The third kappa shape index (κ3) is 2.82. The minimum absolute atomic E-state index is 0.108. The number of piperidine rings is 1. The molecule has 0 radical (unpaired) electrons. The van der Waals surface area contributed by atoms with Gasteiger partial charge in [0.2, 0.25) is 5.91 Å². The minimum Gasteiger partial charge on any atom is -0.342 e. The Labute approximate surface area is 105 Å². The Morgan fingerprint density at radius 3 is 2.65 bits per heavy atom. The second-order valence-electron chi connectivity index (χ2n) is 5.70. The highest BCUT2D eigenvalue weighted by atomic mass is 16.2. The Bertz CT molecular complexity index is 267. The van der Waals surface area contributed by atoms with Gasteiger partial charge in [-0.15, -0.1) is 0 Å². The molecule has 1 saturated heterocycles. The molecule has 1 saturated carbocycles. The third-order valence-electron chi connectivity index (χ3n) is 4.45. The number of nitrogens with one attached hydrogen (secondary N) is 1. The van der Waals surface area contributed by atoms with Gasteiger partial charge in [-0.1, -0.05) is 6.92 Å². The van der Waals surface area contributed by atoms with Crippen molar-refractivity contribution in [3.05, 3.63) is 0 Å². The Hall–Kier alpha value is -0.570. The van der Waals surface area contributed by atoms with Crippen LogP contribution in [-0.2, 0) is 4.79 Å². The molecule has 1 unspecified atom stereocenters. The van der Waals surface area contributed by atoms with Crippen LogP contribution in [0.1, 0.15) is 46.0 Å². The van der Waals surface area contributed by atoms with Crippen molar-refractivity contribution in [3.63, 3.8) is 0 Å². The zero-order valence-electron chi connectivity index (χ0n) is 11.3. The molecular formula is C14H26N2O. The molecule has 98 valence electrons. The summed E-state index contributed by atoms with van der Waals surface area (Å²) in [5, 5.41) is 3.41. The molecule has 1 heterocycles. The van der Waals surface area contributed by atoms with E-state index in [1.807, 2.05) is 0 Å². The lowest BCUT2D eigenvalue weighted by molar-refractivity contribution is -0.143. The molecule has 1 N–H and O–H groups in total. The second kappa shape index (κ2) is 5.38. The summed E-state index contributed by atoms with van der Waals surface area (Å²) in [6.07, 6.45) is 5.82. The number of rotatable bonds is 5. The van der Waals surface area contributed by atoms with E-state index >= 15 is 0 Å². The molecule has 17 heavy (non-hydrogen) atoms. The summed E-state index contributed by atoms with van der Waals surface area (Å²) in [6.45, 7) is 8.09. The van der Waals surface area contributed by atoms with Crippen LogP contribution in [0.2, 0.25) is 0 Å². The summed E-state index contributed by atoms with van der Waals surface area (Å²) in [4.78, 5) is 14.8. The van der Waals surface area contributed by atoms with Crippen molar-refractivity contribution in [1.82, 2.24) is 10.2 Å². The first-order valence-electron chi connectivity index (χ1n) is 7.22. The summed E-state index contributed by atoms with van der Waals surface area (Å²) < 4.78 is 0. The van der Waals surface area contributed by atoms with E-state index in [2.05, 4.69) is 24.1 Å².